The van der Waals surface area contributed by atoms with Gasteiger partial charge in [0.1, 0.15) is 0 Å². The lowest BCUT2D eigenvalue weighted by Crippen LogP contribution is -2.44. The fraction of sp³-hybridized carbons (Fsp3) is 0.676. The lowest BCUT2D eigenvalue weighted by Gasteiger charge is -2.41. The molecule has 0 amide bonds. The van der Waals surface area contributed by atoms with Crippen molar-refractivity contribution in [2.24, 2.45) is 5.41 Å². The van der Waals surface area contributed by atoms with Crippen molar-refractivity contribution in [3.05, 3.63) is 69.8 Å². The van der Waals surface area contributed by atoms with Crippen LogP contribution in [0.1, 0.15) is 116 Å². The summed E-state index contributed by atoms with van der Waals surface area (Å²) in [6.07, 6.45) is 1.64. The molecule has 2 aliphatic heterocycles. The van der Waals surface area contributed by atoms with E-state index in [9.17, 15) is 0 Å². The summed E-state index contributed by atoms with van der Waals surface area (Å²) in [4.78, 5) is 0. The molecule has 0 atom stereocenters. The van der Waals surface area contributed by atoms with Gasteiger partial charge in [0.25, 0.3) is 0 Å². The number of benzene rings is 2. The van der Waals surface area contributed by atoms with Gasteiger partial charge < -0.3 is 27.1 Å². The van der Waals surface area contributed by atoms with Gasteiger partial charge in [-0.1, -0.05) is 119 Å². The molecule has 0 bridgehead atoms. The van der Waals surface area contributed by atoms with Crippen LogP contribution < -0.4 is 0 Å². The lowest BCUT2D eigenvalue weighted by atomic mass is 9.75. The van der Waals surface area contributed by atoms with Crippen molar-refractivity contribution in [3.63, 3.8) is 0 Å². The van der Waals surface area contributed by atoms with Crippen LogP contribution in [0, 0.1) is 5.41 Å². The molecule has 6 nitrogen and oxygen atoms in total. The average molecular weight is 661 g/mol. The molecule has 2 heterocycles. The molecule has 0 aromatic heterocycles. The molecule has 2 fully saturated rings. The third-order valence-electron chi connectivity index (χ3n) is 8.59. The summed E-state index contributed by atoms with van der Waals surface area (Å²) in [5.74, 6) is 0. The van der Waals surface area contributed by atoms with Crippen LogP contribution in [-0.4, -0.2) is 39.6 Å². The van der Waals surface area contributed by atoms with Crippen molar-refractivity contribution in [3.8, 4) is 0 Å². The van der Waals surface area contributed by atoms with E-state index in [-0.39, 0.29) is 27.1 Å². The second kappa shape index (κ2) is 14.3. The summed E-state index contributed by atoms with van der Waals surface area (Å²) >= 11 is 0. The predicted octanol–water partition coefficient (Wildman–Crippen LogP) is 10.2. The molecule has 8 heteroatoms. The maximum Gasteiger partial charge on any atom is 0.332 e. The molecular formula is C37H58O6P2. The lowest BCUT2D eigenvalue weighted by molar-refractivity contribution is -0.0758. The second-order valence-corrected chi connectivity index (χ2v) is 19.3. The standard InChI is InChI=1S/C37H58O6P2/c1-33(2,3)29-15-13-16-30(34(4,5)6)27(29)19-21-38-44-40-23-37(24-41-44)25-42-45(43-26-37)39-22-20-28-31(35(7,8)9)17-14-18-32(28)36(10,11)12/h13-18H,19-26H2,1-12H3. The maximum absolute atomic E-state index is 6.16. The third-order valence-corrected chi connectivity index (χ3v) is 10.7. The first kappa shape index (κ1) is 36.9. The molecule has 2 aromatic carbocycles. The van der Waals surface area contributed by atoms with Gasteiger partial charge in [0, 0.05) is 0 Å². The minimum absolute atomic E-state index is 0.0581. The minimum Gasteiger partial charge on any atom is -0.312 e. The molecule has 2 aromatic rings. The Balaban J connectivity index is 1.25. The Bertz CT molecular complexity index is 1100. The molecule has 252 valence electrons. The summed E-state index contributed by atoms with van der Waals surface area (Å²) in [6, 6.07) is 13.4. The van der Waals surface area contributed by atoms with Crippen LogP contribution in [0.4, 0.5) is 0 Å². The molecule has 45 heavy (non-hydrogen) atoms. The summed E-state index contributed by atoms with van der Waals surface area (Å²) in [5.41, 5.74) is 8.15. The van der Waals surface area contributed by atoms with Crippen molar-refractivity contribution in [2.45, 2.75) is 118 Å². The molecule has 4 rings (SSSR count). The molecule has 0 unspecified atom stereocenters. The van der Waals surface area contributed by atoms with Gasteiger partial charge in [0.15, 0.2) is 0 Å². The van der Waals surface area contributed by atoms with Crippen LogP contribution in [0.2, 0.25) is 0 Å². The third kappa shape index (κ3) is 9.58. The van der Waals surface area contributed by atoms with Crippen LogP contribution in [0.15, 0.2) is 36.4 Å². The summed E-state index contributed by atoms with van der Waals surface area (Å²) in [6.45, 7) is 30.3. The Kier molecular flexibility index (Phi) is 11.7. The maximum atomic E-state index is 6.16. The van der Waals surface area contributed by atoms with Crippen molar-refractivity contribution < 1.29 is 27.1 Å². The van der Waals surface area contributed by atoms with Gasteiger partial charge in [0.2, 0.25) is 0 Å². The Morgan fingerprint density at radius 3 is 1.02 bits per heavy atom. The monoisotopic (exact) mass is 660 g/mol. The molecule has 0 radical (unpaired) electrons. The molecule has 1 spiro atoms. The van der Waals surface area contributed by atoms with E-state index in [2.05, 4.69) is 119 Å². The van der Waals surface area contributed by atoms with Gasteiger partial charge in [-0.3, -0.25) is 0 Å². The smallest absolute Gasteiger partial charge is 0.312 e. The van der Waals surface area contributed by atoms with E-state index in [1.807, 2.05) is 0 Å². The molecule has 0 saturated carbocycles. The molecule has 0 N–H and O–H groups in total. The quantitative estimate of drug-likeness (QED) is 0.263. The van der Waals surface area contributed by atoms with Gasteiger partial charge in [-0.05, 0) is 67.9 Å². The van der Waals surface area contributed by atoms with Crippen LogP contribution in [0.3, 0.4) is 0 Å². The van der Waals surface area contributed by atoms with Gasteiger partial charge in [0.05, 0.1) is 45.1 Å². The van der Waals surface area contributed by atoms with Crippen LogP contribution >= 0.6 is 17.2 Å². The first-order valence-corrected chi connectivity index (χ1v) is 18.6. The van der Waals surface area contributed by atoms with E-state index < -0.39 is 17.2 Å². The Labute approximate surface area is 276 Å². The van der Waals surface area contributed by atoms with E-state index in [1.54, 1.807) is 0 Å². The van der Waals surface area contributed by atoms with E-state index in [0.29, 0.717) is 39.6 Å². The number of hydrogen-bond acceptors (Lipinski definition) is 6. The number of rotatable bonds is 8. The highest BCUT2D eigenvalue weighted by Crippen LogP contribution is 2.53. The van der Waals surface area contributed by atoms with Crippen molar-refractivity contribution in [1.82, 2.24) is 0 Å². The van der Waals surface area contributed by atoms with Crippen LogP contribution in [-0.2, 0) is 61.6 Å². The minimum atomic E-state index is -1.40. The zero-order chi connectivity index (χ0) is 33.3. The molecular weight excluding hydrogens is 602 g/mol. The Hall–Kier alpha value is -0.940. The molecule has 2 saturated heterocycles. The van der Waals surface area contributed by atoms with Crippen molar-refractivity contribution in [1.29, 1.82) is 0 Å². The second-order valence-electron chi connectivity index (χ2n) is 16.9. The largest absolute Gasteiger partial charge is 0.332 e. The van der Waals surface area contributed by atoms with Gasteiger partial charge in [-0.25, -0.2) is 0 Å². The van der Waals surface area contributed by atoms with E-state index >= 15 is 0 Å². The van der Waals surface area contributed by atoms with Gasteiger partial charge >= 0.3 is 17.2 Å². The van der Waals surface area contributed by atoms with Crippen LogP contribution in [0.5, 0.6) is 0 Å². The van der Waals surface area contributed by atoms with Crippen LogP contribution in [0.25, 0.3) is 0 Å². The predicted molar refractivity (Wildman–Crippen MR) is 187 cm³/mol. The summed E-state index contributed by atoms with van der Waals surface area (Å²) in [7, 11) is -2.81. The SMILES string of the molecule is CC(C)(C)c1cccc(C(C)(C)C)c1CCOP1OCC2(CO1)COP(OCCc1c(C(C)(C)C)cccc1C(C)(C)C)OC2. The zero-order valence-corrected chi connectivity index (χ0v) is 31.8. The van der Waals surface area contributed by atoms with Gasteiger partial charge in [-0.2, -0.15) is 0 Å². The highest BCUT2D eigenvalue weighted by Gasteiger charge is 2.44. The molecule has 0 aliphatic carbocycles. The Morgan fingerprint density at radius 2 is 0.778 bits per heavy atom. The highest BCUT2D eigenvalue weighted by molar-refractivity contribution is 7.42. The summed E-state index contributed by atoms with van der Waals surface area (Å²) in [5, 5.41) is 0. The average Bonchev–Trinajstić information content (AvgIpc) is 2.93. The highest BCUT2D eigenvalue weighted by atomic mass is 31.2. The normalized spacial score (nSPS) is 23.5. The Morgan fingerprint density at radius 1 is 0.511 bits per heavy atom. The fourth-order valence-electron chi connectivity index (χ4n) is 6.20. The van der Waals surface area contributed by atoms with E-state index in [1.165, 1.54) is 33.4 Å². The van der Waals surface area contributed by atoms with Gasteiger partial charge in [-0.15, -0.1) is 0 Å². The van der Waals surface area contributed by atoms with E-state index in [4.69, 9.17) is 27.1 Å². The number of hydrogen-bond donors (Lipinski definition) is 0. The van der Waals surface area contributed by atoms with E-state index in [0.717, 1.165) is 12.8 Å². The molecule has 2 aliphatic rings. The fourth-order valence-corrected chi connectivity index (χ4v) is 8.64. The zero-order valence-electron chi connectivity index (χ0n) is 30.0. The van der Waals surface area contributed by atoms with Crippen molar-refractivity contribution >= 4 is 17.2 Å². The topological polar surface area (TPSA) is 55.4 Å². The summed E-state index contributed by atoms with van der Waals surface area (Å²) < 4.78 is 36.7. The first-order valence-electron chi connectivity index (χ1n) is 16.4. The first-order chi connectivity index (χ1) is 20.8. The van der Waals surface area contributed by atoms with Crippen molar-refractivity contribution in [2.75, 3.05) is 39.6 Å².